The van der Waals surface area contributed by atoms with Crippen molar-refractivity contribution in [3.8, 4) is 5.75 Å². The van der Waals surface area contributed by atoms with Gasteiger partial charge in [0.2, 0.25) is 5.91 Å². The molecule has 5 rings (SSSR count). The van der Waals surface area contributed by atoms with Gasteiger partial charge in [-0.3, -0.25) is 14.4 Å². The molecule has 3 N–H and O–H groups in total. The summed E-state index contributed by atoms with van der Waals surface area (Å²) in [5.74, 6) is 0.512. The molecule has 182 valence electrons. The van der Waals surface area contributed by atoms with Crippen LogP contribution in [0.5, 0.6) is 5.75 Å². The highest BCUT2D eigenvalue weighted by Crippen LogP contribution is 2.28. The predicted molar refractivity (Wildman–Crippen MR) is 133 cm³/mol. The molecule has 1 saturated heterocycles. The summed E-state index contributed by atoms with van der Waals surface area (Å²) in [5, 5.41) is 13.4. The van der Waals surface area contributed by atoms with Gasteiger partial charge in [0.1, 0.15) is 17.4 Å². The largest absolute Gasteiger partial charge is 0.489 e. The second-order valence-corrected chi connectivity index (χ2v) is 10.0. The molecular formula is C25H27N5O4S. The molecule has 35 heavy (non-hydrogen) atoms. The number of rotatable bonds is 6. The SMILES string of the molecule is CN1C[C@H](c2n[nH]c(=O)s2)[C@H](NC(=O)c2ccc(OCc3cccc4c3CCCC(=O)N4)cc2)C1. The van der Waals surface area contributed by atoms with Crippen LogP contribution in [0.15, 0.2) is 47.3 Å². The number of hydrogen-bond donors (Lipinski definition) is 3. The summed E-state index contributed by atoms with van der Waals surface area (Å²) in [6.45, 7) is 1.80. The fraction of sp³-hybridized carbons (Fsp3) is 0.360. The van der Waals surface area contributed by atoms with Gasteiger partial charge in [-0.2, -0.15) is 5.10 Å². The van der Waals surface area contributed by atoms with Crippen molar-refractivity contribution in [2.24, 2.45) is 0 Å². The van der Waals surface area contributed by atoms with Crippen LogP contribution in [0.2, 0.25) is 0 Å². The zero-order valence-corrected chi connectivity index (χ0v) is 20.2. The van der Waals surface area contributed by atoms with E-state index >= 15 is 0 Å². The van der Waals surface area contributed by atoms with Crippen LogP contribution in [0.4, 0.5) is 5.69 Å². The Balaban J connectivity index is 1.22. The Morgan fingerprint density at radius 2 is 2.00 bits per heavy atom. The number of H-pyrrole nitrogens is 1. The maximum Gasteiger partial charge on any atom is 0.322 e. The number of carbonyl (C=O) groups excluding carboxylic acids is 2. The topological polar surface area (TPSA) is 116 Å². The number of fused-ring (bicyclic) bond motifs is 1. The van der Waals surface area contributed by atoms with Crippen LogP contribution < -0.4 is 20.2 Å². The number of amides is 2. The van der Waals surface area contributed by atoms with Gasteiger partial charge in [-0.05, 0) is 61.3 Å². The average molecular weight is 494 g/mol. The molecule has 2 amide bonds. The van der Waals surface area contributed by atoms with Gasteiger partial charge in [0.25, 0.3) is 5.91 Å². The molecule has 2 atom stereocenters. The number of anilines is 1. The van der Waals surface area contributed by atoms with Gasteiger partial charge < -0.3 is 20.3 Å². The number of hydrogen-bond acceptors (Lipinski definition) is 7. The van der Waals surface area contributed by atoms with Crippen molar-refractivity contribution in [3.05, 3.63) is 73.8 Å². The second-order valence-electron chi connectivity index (χ2n) is 9.02. The molecule has 10 heteroatoms. The minimum Gasteiger partial charge on any atom is -0.489 e. The van der Waals surface area contributed by atoms with Crippen LogP contribution in [-0.2, 0) is 17.8 Å². The number of nitrogens with zero attached hydrogens (tertiary/aromatic N) is 2. The van der Waals surface area contributed by atoms with Crippen LogP contribution in [0, 0.1) is 0 Å². The molecule has 2 aliphatic rings. The van der Waals surface area contributed by atoms with E-state index in [9.17, 15) is 14.4 Å². The maximum atomic E-state index is 12.9. The average Bonchev–Trinajstić information content (AvgIpc) is 3.37. The monoisotopic (exact) mass is 493 g/mol. The van der Waals surface area contributed by atoms with Crippen molar-refractivity contribution in [1.29, 1.82) is 0 Å². The van der Waals surface area contributed by atoms with Gasteiger partial charge in [0, 0.05) is 36.7 Å². The summed E-state index contributed by atoms with van der Waals surface area (Å²) in [4.78, 5) is 38.2. The number of likely N-dealkylation sites (N-methyl/N-ethyl adjacent to an activating group) is 1. The van der Waals surface area contributed by atoms with E-state index in [1.54, 1.807) is 24.3 Å². The lowest BCUT2D eigenvalue weighted by molar-refractivity contribution is -0.116. The first-order chi connectivity index (χ1) is 17.0. The fourth-order valence-electron chi connectivity index (χ4n) is 4.73. The summed E-state index contributed by atoms with van der Waals surface area (Å²) in [7, 11) is 1.99. The van der Waals surface area contributed by atoms with Gasteiger partial charge in [0.05, 0.1) is 6.04 Å². The van der Waals surface area contributed by atoms with E-state index in [-0.39, 0.29) is 28.6 Å². The highest BCUT2D eigenvalue weighted by atomic mass is 32.1. The first kappa shape index (κ1) is 23.3. The molecule has 0 saturated carbocycles. The molecule has 1 aromatic heterocycles. The molecule has 1 fully saturated rings. The molecule has 0 aliphatic carbocycles. The Hall–Kier alpha value is -3.50. The lowest BCUT2D eigenvalue weighted by Gasteiger charge is -2.18. The number of ether oxygens (including phenoxy) is 1. The van der Waals surface area contributed by atoms with Gasteiger partial charge in [-0.1, -0.05) is 23.5 Å². The minimum atomic E-state index is -0.188. The quantitative estimate of drug-likeness (QED) is 0.486. The third-order valence-electron chi connectivity index (χ3n) is 6.48. The van der Waals surface area contributed by atoms with Crippen LogP contribution in [0.3, 0.4) is 0 Å². The number of benzene rings is 2. The molecule has 2 aliphatic heterocycles. The fourth-order valence-corrected chi connectivity index (χ4v) is 5.50. The highest BCUT2D eigenvalue weighted by Gasteiger charge is 2.35. The zero-order valence-electron chi connectivity index (χ0n) is 19.4. The van der Waals surface area contributed by atoms with Crippen molar-refractivity contribution in [3.63, 3.8) is 0 Å². The summed E-state index contributed by atoms with van der Waals surface area (Å²) in [5.41, 5.74) is 3.56. The van der Waals surface area contributed by atoms with Crippen LogP contribution in [-0.4, -0.2) is 53.1 Å². The van der Waals surface area contributed by atoms with Gasteiger partial charge >= 0.3 is 4.87 Å². The Morgan fingerprint density at radius 1 is 1.17 bits per heavy atom. The molecule has 3 heterocycles. The summed E-state index contributed by atoms with van der Waals surface area (Å²) in [6.07, 6.45) is 2.17. The first-order valence-electron chi connectivity index (χ1n) is 11.6. The minimum absolute atomic E-state index is 0.0266. The highest BCUT2D eigenvalue weighted by molar-refractivity contribution is 7.08. The summed E-state index contributed by atoms with van der Waals surface area (Å²) >= 11 is 1.09. The molecule has 9 nitrogen and oxygen atoms in total. The van der Waals surface area contributed by atoms with Crippen molar-refractivity contribution in [2.75, 3.05) is 25.5 Å². The predicted octanol–water partition coefficient (Wildman–Crippen LogP) is 2.51. The number of aromatic nitrogens is 2. The smallest absolute Gasteiger partial charge is 0.322 e. The van der Waals surface area contributed by atoms with E-state index in [2.05, 4.69) is 25.7 Å². The van der Waals surface area contributed by atoms with E-state index < -0.39 is 0 Å². The lowest BCUT2D eigenvalue weighted by Crippen LogP contribution is -2.39. The molecular weight excluding hydrogens is 466 g/mol. The van der Waals surface area contributed by atoms with Crippen molar-refractivity contribution in [2.45, 2.75) is 37.8 Å². The number of carbonyl (C=O) groups is 2. The molecule has 3 aromatic rings. The second kappa shape index (κ2) is 10.0. The Bertz CT molecular complexity index is 1290. The van der Waals surface area contributed by atoms with Gasteiger partial charge in [0.15, 0.2) is 0 Å². The normalized spacial score (nSPS) is 20.1. The Morgan fingerprint density at radius 3 is 2.77 bits per heavy atom. The zero-order chi connectivity index (χ0) is 24.4. The molecule has 0 unspecified atom stereocenters. The number of aromatic amines is 1. The maximum absolute atomic E-state index is 12.9. The van der Waals surface area contributed by atoms with E-state index in [1.807, 2.05) is 25.2 Å². The van der Waals surface area contributed by atoms with Gasteiger partial charge in [-0.15, -0.1) is 0 Å². The third kappa shape index (κ3) is 5.28. The summed E-state index contributed by atoms with van der Waals surface area (Å²) < 4.78 is 5.99. The molecule has 0 radical (unpaired) electrons. The van der Waals surface area contributed by atoms with Crippen molar-refractivity contribution < 1.29 is 14.3 Å². The van der Waals surface area contributed by atoms with Crippen LogP contribution >= 0.6 is 11.3 Å². The molecule has 2 aromatic carbocycles. The summed E-state index contributed by atoms with van der Waals surface area (Å²) in [6, 6.07) is 12.8. The van der Waals surface area contributed by atoms with Crippen LogP contribution in [0.25, 0.3) is 0 Å². The van der Waals surface area contributed by atoms with Crippen LogP contribution in [0.1, 0.15) is 45.3 Å². The van der Waals surface area contributed by atoms with Crippen molar-refractivity contribution in [1.82, 2.24) is 20.4 Å². The molecule has 0 bridgehead atoms. The van der Waals surface area contributed by atoms with E-state index in [0.29, 0.717) is 35.9 Å². The standard InChI is InChI=1S/C25H27N5O4S/c1-30-12-19(24-28-29-25(33)35-24)21(13-30)27-23(32)15-8-10-17(11-9-15)34-14-16-4-2-6-20-18(16)5-3-7-22(31)26-20/h2,4,6,8-11,19,21H,3,5,7,12-14H2,1H3,(H,26,31)(H,27,32)(H,29,33)/t19-,21+/m0/s1. The number of nitrogens with one attached hydrogen (secondary N) is 3. The van der Waals surface area contributed by atoms with Gasteiger partial charge in [-0.25, -0.2) is 5.10 Å². The Kier molecular flexibility index (Phi) is 6.65. The Labute approximate surface area is 206 Å². The van der Waals surface area contributed by atoms with E-state index in [0.717, 1.165) is 47.5 Å². The van der Waals surface area contributed by atoms with Crippen molar-refractivity contribution >= 4 is 28.8 Å². The lowest BCUT2D eigenvalue weighted by atomic mass is 10.0. The van der Waals surface area contributed by atoms with E-state index in [1.165, 1.54) is 0 Å². The molecule has 0 spiro atoms. The van der Waals surface area contributed by atoms with E-state index in [4.69, 9.17) is 4.74 Å². The number of likely N-dealkylation sites (tertiary alicyclic amines) is 1. The third-order valence-corrected chi connectivity index (χ3v) is 7.36. The first-order valence-corrected chi connectivity index (χ1v) is 12.5.